The molecule has 0 unspecified atom stereocenters. The van der Waals surface area contributed by atoms with Gasteiger partial charge in [0, 0.05) is 55.7 Å². The number of aromatic amines is 2. The number of aromatic nitrogens is 5. The molecule has 0 spiro atoms. The van der Waals surface area contributed by atoms with Gasteiger partial charge in [0.2, 0.25) is 0 Å². The first-order valence-electron chi connectivity index (χ1n) is 28.3. The number of hydrogen-bond acceptors (Lipinski definition) is 16. The van der Waals surface area contributed by atoms with Crippen LogP contribution in [0.1, 0.15) is 44.5 Å². The Morgan fingerprint density at radius 3 is 1.17 bits per heavy atom. The summed E-state index contributed by atoms with van der Waals surface area (Å²) in [5.41, 5.74) is -0.406. The fourth-order valence-corrected chi connectivity index (χ4v) is 11.1. The molecular weight excluding hydrogens is 1160 g/mol. The normalized spacial score (nSPS) is 12.7. The zero-order chi connectivity index (χ0) is 63.0. The van der Waals surface area contributed by atoms with Gasteiger partial charge in [-0.15, -0.1) is 0 Å². The van der Waals surface area contributed by atoms with Gasteiger partial charge in [-0.25, -0.2) is 19.1 Å². The van der Waals surface area contributed by atoms with E-state index in [0.717, 1.165) is 11.1 Å². The number of phosphoric ester groups is 1. The Hall–Kier alpha value is -9.66. The number of ether oxygens (including phenoxy) is 6. The van der Waals surface area contributed by atoms with Crippen LogP contribution in [0.25, 0.3) is 12.4 Å². The Morgan fingerprint density at radius 1 is 0.483 bits per heavy atom. The highest BCUT2D eigenvalue weighted by atomic mass is 31.2. The summed E-state index contributed by atoms with van der Waals surface area (Å²) in [6, 6.07) is 54.1. The van der Waals surface area contributed by atoms with Crippen molar-refractivity contribution in [2.75, 3.05) is 80.0 Å². The third-order valence-corrected chi connectivity index (χ3v) is 16.2. The largest absolute Gasteiger partial charge is 0.497 e. The Bertz CT molecular complexity index is 3820. The van der Waals surface area contributed by atoms with Gasteiger partial charge >= 0.3 is 19.2 Å². The first-order valence-corrected chi connectivity index (χ1v) is 29.7. The highest BCUT2D eigenvalue weighted by molar-refractivity contribution is 7.48. The average Bonchev–Trinajstić information content (AvgIpc) is 0.934. The monoisotopic (exact) mass is 1220 g/mol. The molecule has 0 aliphatic carbocycles. The molecule has 0 bridgehead atoms. The maximum atomic E-state index is 15.8. The van der Waals surface area contributed by atoms with E-state index in [2.05, 4.69) is 15.0 Å². The predicted molar refractivity (Wildman–Crippen MR) is 340 cm³/mol. The van der Waals surface area contributed by atoms with Gasteiger partial charge in [-0.1, -0.05) is 115 Å². The maximum absolute atomic E-state index is 15.8. The van der Waals surface area contributed by atoms with E-state index < -0.39 is 54.7 Å². The molecule has 6 aromatic carbocycles. The molecule has 460 valence electrons. The van der Waals surface area contributed by atoms with Crippen molar-refractivity contribution in [1.82, 2.24) is 24.1 Å². The number of nitrogens with one attached hydrogen (secondary N) is 2. The summed E-state index contributed by atoms with van der Waals surface area (Å²) < 4.78 is 74.2. The van der Waals surface area contributed by atoms with Gasteiger partial charge in [-0.2, -0.15) is 0 Å². The Morgan fingerprint density at radius 2 is 0.831 bits per heavy atom. The molecule has 21 heteroatoms. The highest BCUT2D eigenvalue weighted by Crippen LogP contribution is 2.51. The summed E-state index contributed by atoms with van der Waals surface area (Å²) in [5, 5.41) is 0. The van der Waals surface area contributed by atoms with Crippen LogP contribution in [-0.4, -0.2) is 99.2 Å². The van der Waals surface area contributed by atoms with E-state index in [-0.39, 0.29) is 48.6 Å². The lowest BCUT2D eigenvalue weighted by Crippen LogP contribution is -2.34. The molecule has 0 saturated heterocycles. The van der Waals surface area contributed by atoms with E-state index in [1.165, 1.54) is 33.9 Å². The minimum Gasteiger partial charge on any atom is -0.497 e. The van der Waals surface area contributed by atoms with E-state index in [9.17, 15) is 19.2 Å². The van der Waals surface area contributed by atoms with Crippen LogP contribution in [0.5, 0.6) is 23.0 Å². The van der Waals surface area contributed by atoms with Crippen LogP contribution >= 0.6 is 7.82 Å². The van der Waals surface area contributed by atoms with Crippen LogP contribution in [0.4, 0.5) is 5.82 Å². The van der Waals surface area contributed by atoms with Crippen molar-refractivity contribution >= 4 is 26.0 Å². The number of H-pyrrole nitrogens is 2. The standard InChI is InChI=1S/C68H69N6O14P/c1-48-40-73(65(77)70-63(48)75)42-50(44-84-67(52-16-10-8-11-17-52,54-21-29-58(80-4)30-22-54)55-23-31-59(81-5)32-24-55)46-87-89(79,86-39-38-72(3)62-20-14-15-37-69-62)88-47-51(43-74-41-49(2)64(76)71-66(74)78)45-85-68(53-18-12-9-13-19-53,56-25-33-60(82-6)34-26-56)57-27-35-61(83-7)36-28-57/h8-37,40-43H,38-39,44-47H2,1-7H3,(H,70,75,77)(H,71,76,78)/b50-42-,51-43-. The molecule has 0 aliphatic heterocycles. The number of nitrogens with zero attached hydrogens (tertiary/aromatic N) is 4. The molecule has 0 fully saturated rings. The number of benzene rings is 6. The van der Waals surface area contributed by atoms with E-state index in [1.807, 2.05) is 170 Å². The average molecular weight is 1230 g/mol. The van der Waals surface area contributed by atoms with Crippen molar-refractivity contribution in [3.05, 3.63) is 292 Å². The number of hydrogen-bond donors (Lipinski definition) is 2. The van der Waals surface area contributed by atoms with E-state index in [4.69, 9.17) is 42.0 Å². The zero-order valence-corrected chi connectivity index (χ0v) is 51.2. The second-order valence-corrected chi connectivity index (χ2v) is 22.2. The van der Waals surface area contributed by atoms with Crippen LogP contribution in [0.15, 0.2) is 225 Å². The van der Waals surface area contributed by atoms with Crippen molar-refractivity contribution in [3.63, 3.8) is 0 Å². The molecule has 9 rings (SSSR count). The molecule has 0 saturated carbocycles. The fourth-order valence-electron chi connectivity index (χ4n) is 9.96. The van der Waals surface area contributed by atoms with Gasteiger partial charge in [-0.05, 0) is 119 Å². The van der Waals surface area contributed by atoms with Gasteiger partial charge in [0.1, 0.15) is 40.0 Å². The lowest BCUT2D eigenvalue weighted by Gasteiger charge is -2.36. The van der Waals surface area contributed by atoms with Gasteiger partial charge in [0.15, 0.2) is 0 Å². The number of phosphoric acid groups is 1. The summed E-state index contributed by atoms with van der Waals surface area (Å²) in [5.74, 6) is 3.01. The quantitative estimate of drug-likeness (QED) is 0.0328. The summed E-state index contributed by atoms with van der Waals surface area (Å²) in [6.45, 7) is 1.27. The molecule has 0 radical (unpaired) electrons. The minimum atomic E-state index is -4.84. The van der Waals surface area contributed by atoms with E-state index >= 15 is 4.57 Å². The van der Waals surface area contributed by atoms with Gasteiger partial charge in [0.25, 0.3) is 11.1 Å². The number of pyridine rings is 1. The van der Waals surface area contributed by atoms with Gasteiger partial charge < -0.3 is 33.3 Å². The number of aryl methyl sites for hydroxylation is 2. The SMILES string of the molecule is COc1ccc(C(OC/C(=C/n2cc(C)c(=O)[nH]c2=O)COP(=O)(OCCN(C)c2ccccn2)OC/C(=C\n2cc(C)c(=O)[nH]c2=O)COC(c2ccccc2)(c2ccc(OC)cc2)c2ccc(OC)cc2)(c2ccccc2)c2ccc(OC)cc2)cc1. The summed E-state index contributed by atoms with van der Waals surface area (Å²) in [7, 11) is 3.25. The summed E-state index contributed by atoms with van der Waals surface area (Å²) in [6.07, 6.45) is 7.22. The van der Waals surface area contributed by atoms with Crippen molar-refractivity contribution in [1.29, 1.82) is 0 Å². The predicted octanol–water partition coefficient (Wildman–Crippen LogP) is 10.1. The maximum Gasteiger partial charge on any atom is 0.475 e. The minimum absolute atomic E-state index is 0.149. The number of rotatable bonds is 29. The first-order chi connectivity index (χ1) is 43.1. The van der Waals surface area contributed by atoms with E-state index in [1.54, 1.807) is 66.5 Å². The molecule has 89 heavy (non-hydrogen) atoms. The second kappa shape index (κ2) is 29.4. The van der Waals surface area contributed by atoms with Crippen LogP contribution in [0.2, 0.25) is 0 Å². The fraction of sp³-hybridized carbons (Fsp3) is 0.221. The number of methoxy groups -OCH3 is 4. The van der Waals surface area contributed by atoms with Crippen LogP contribution in [-0.2, 0) is 38.8 Å². The van der Waals surface area contributed by atoms with Crippen molar-refractivity contribution in [3.8, 4) is 23.0 Å². The smallest absolute Gasteiger partial charge is 0.475 e. The van der Waals surface area contributed by atoms with Crippen molar-refractivity contribution < 1.29 is 46.6 Å². The topological polar surface area (TPSA) is 226 Å². The third-order valence-electron chi connectivity index (χ3n) is 14.8. The molecular formula is C68H69N6O14P. The van der Waals surface area contributed by atoms with Gasteiger partial charge in [0.05, 0.1) is 61.5 Å². The Balaban J connectivity index is 1.14. The highest BCUT2D eigenvalue weighted by Gasteiger charge is 2.40. The van der Waals surface area contributed by atoms with E-state index in [0.29, 0.717) is 51.1 Å². The van der Waals surface area contributed by atoms with Crippen LogP contribution in [0.3, 0.4) is 0 Å². The number of anilines is 1. The number of likely N-dealkylation sites (N-methyl/N-ethyl adjacent to an activating group) is 1. The lowest BCUT2D eigenvalue weighted by atomic mass is 9.80. The zero-order valence-electron chi connectivity index (χ0n) is 50.3. The first kappa shape index (κ1) is 63.8. The Kier molecular flexibility index (Phi) is 21.1. The lowest BCUT2D eigenvalue weighted by molar-refractivity contribution is 0.0217. The Labute approximate surface area is 514 Å². The molecule has 0 amide bonds. The van der Waals surface area contributed by atoms with Crippen molar-refractivity contribution in [2.24, 2.45) is 0 Å². The van der Waals surface area contributed by atoms with Gasteiger partial charge in [-0.3, -0.25) is 42.3 Å². The van der Waals surface area contributed by atoms with Crippen molar-refractivity contribution in [2.45, 2.75) is 25.0 Å². The third kappa shape index (κ3) is 15.2. The molecule has 9 aromatic rings. The molecule has 0 aliphatic rings. The molecule has 3 aromatic heterocycles. The van der Waals surface area contributed by atoms with Crippen LogP contribution < -0.4 is 46.3 Å². The molecule has 20 nitrogen and oxygen atoms in total. The van der Waals surface area contributed by atoms with Crippen LogP contribution in [0, 0.1) is 13.8 Å². The molecule has 2 N–H and O–H groups in total. The second-order valence-electron chi connectivity index (χ2n) is 20.6. The summed E-state index contributed by atoms with van der Waals surface area (Å²) in [4.78, 5) is 63.8. The summed E-state index contributed by atoms with van der Waals surface area (Å²) >= 11 is 0. The molecule has 3 heterocycles. The molecule has 0 atom stereocenters.